The van der Waals surface area contributed by atoms with Crippen LogP contribution in [0.1, 0.15) is 25.8 Å². The average Bonchev–Trinajstić information content (AvgIpc) is 2.45. The number of nitrogens with one attached hydrogen (secondary N) is 2. The van der Waals surface area contributed by atoms with E-state index in [2.05, 4.69) is 10.6 Å². The Morgan fingerprint density at radius 1 is 1.30 bits per heavy atom. The maximum absolute atomic E-state index is 11.6. The molecule has 0 spiro atoms. The van der Waals surface area contributed by atoms with Crippen LogP contribution < -0.4 is 15.4 Å². The molecule has 108 valence electrons. The maximum atomic E-state index is 11.6. The largest absolute Gasteiger partial charge is 0.494 e. The molecule has 0 bridgehead atoms. The van der Waals surface area contributed by atoms with Crippen molar-refractivity contribution in [2.75, 3.05) is 13.2 Å². The van der Waals surface area contributed by atoms with Crippen molar-refractivity contribution in [2.45, 2.75) is 20.3 Å². The highest BCUT2D eigenvalue weighted by atomic mass is 32.1. The van der Waals surface area contributed by atoms with Crippen molar-refractivity contribution >= 4 is 29.3 Å². The Kier molecular flexibility index (Phi) is 7.35. The predicted octanol–water partition coefficient (Wildman–Crippen LogP) is 2.50. The highest BCUT2D eigenvalue weighted by Crippen LogP contribution is 2.12. The molecule has 0 aliphatic rings. The highest BCUT2D eigenvalue weighted by Gasteiger charge is 1.99. The summed E-state index contributed by atoms with van der Waals surface area (Å²) < 4.78 is 5.35. The third-order valence-corrected chi connectivity index (χ3v) is 2.64. The van der Waals surface area contributed by atoms with E-state index in [9.17, 15) is 4.79 Å². The SMILES string of the molecule is CCCNC(=S)NC(=O)/C=C/c1ccc(OCC)cc1. The molecule has 0 saturated carbocycles. The van der Waals surface area contributed by atoms with E-state index in [0.29, 0.717) is 11.7 Å². The van der Waals surface area contributed by atoms with E-state index in [-0.39, 0.29) is 5.91 Å². The minimum Gasteiger partial charge on any atom is -0.494 e. The quantitative estimate of drug-likeness (QED) is 0.625. The van der Waals surface area contributed by atoms with E-state index in [0.717, 1.165) is 24.3 Å². The fraction of sp³-hybridized carbons (Fsp3) is 0.333. The molecule has 1 rings (SSSR count). The normalized spacial score (nSPS) is 10.3. The van der Waals surface area contributed by atoms with Gasteiger partial charge in [-0.3, -0.25) is 10.1 Å². The monoisotopic (exact) mass is 292 g/mol. The van der Waals surface area contributed by atoms with Crippen LogP contribution in [0.15, 0.2) is 30.3 Å². The van der Waals surface area contributed by atoms with E-state index in [1.165, 1.54) is 6.08 Å². The lowest BCUT2D eigenvalue weighted by molar-refractivity contribution is -0.115. The summed E-state index contributed by atoms with van der Waals surface area (Å²) in [6.45, 7) is 5.36. The average molecular weight is 292 g/mol. The van der Waals surface area contributed by atoms with E-state index in [1.54, 1.807) is 6.08 Å². The van der Waals surface area contributed by atoms with Gasteiger partial charge in [-0.2, -0.15) is 0 Å². The summed E-state index contributed by atoms with van der Waals surface area (Å²) >= 11 is 4.98. The predicted molar refractivity (Wildman–Crippen MR) is 85.7 cm³/mol. The van der Waals surface area contributed by atoms with Gasteiger partial charge in [0.25, 0.3) is 0 Å². The molecule has 2 N–H and O–H groups in total. The van der Waals surface area contributed by atoms with Crippen LogP contribution in [0.25, 0.3) is 6.08 Å². The van der Waals surface area contributed by atoms with Crippen molar-refractivity contribution in [1.82, 2.24) is 10.6 Å². The standard InChI is InChI=1S/C15H20N2O2S/c1-3-11-16-15(20)17-14(18)10-7-12-5-8-13(9-6-12)19-4-2/h5-10H,3-4,11H2,1-2H3,(H2,16,17,18,20)/b10-7+. The van der Waals surface area contributed by atoms with E-state index >= 15 is 0 Å². The first-order valence-corrected chi connectivity index (χ1v) is 7.06. The number of amides is 1. The maximum Gasteiger partial charge on any atom is 0.250 e. The van der Waals surface area contributed by atoms with E-state index in [1.807, 2.05) is 38.1 Å². The van der Waals surface area contributed by atoms with Crippen LogP contribution in [0.5, 0.6) is 5.75 Å². The van der Waals surface area contributed by atoms with Gasteiger partial charge < -0.3 is 10.1 Å². The Morgan fingerprint density at radius 3 is 2.60 bits per heavy atom. The molecule has 1 aromatic rings. The van der Waals surface area contributed by atoms with E-state index in [4.69, 9.17) is 17.0 Å². The van der Waals surface area contributed by atoms with Crippen molar-refractivity contribution < 1.29 is 9.53 Å². The summed E-state index contributed by atoms with van der Waals surface area (Å²) in [5.41, 5.74) is 0.927. The molecule has 0 unspecified atom stereocenters. The van der Waals surface area contributed by atoms with Crippen molar-refractivity contribution in [2.24, 2.45) is 0 Å². The van der Waals surface area contributed by atoms with E-state index < -0.39 is 0 Å². The van der Waals surface area contributed by atoms with Gasteiger partial charge >= 0.3 is 0 Å². The second kappa shape index (κ2) is 9.09. The zero-order chi connectivity index (χ0) is 14.8. The fourth-order valence-electron chi connectivity index (χ4n) is 1.45. The Hall–Kier alpha value is -1.88. The van der Waals surface area contributed by atoms with Crippen LogP contribution in [0.3, 0.4) is 0 Å². The van der Waals surface area contributed by atoms with Gasteiger partial charge in [0.1, 0.15) is 5.75 Å². The number of hydrogen-bond acceptors (Lipinski definition) is 3. The lowest BCUT2D eigenvalue weighted by atomic mass is 10.2. The Balaban J connectivity index is 2.46. The molecule has 1 amide bonds. The van der Waals surface area contributed by atoms with Crippen molar-refractivity contribution in [3.63, 3.8) is 0 Å². The molecule has 0 fully saturated rings. The number of rotatable bonds is 6. The summed E-state index contributed by atoms with van der Waals surface area (Å²) in [6, 6.07) is 7.52. The third-order valence-electron chi connectivity index (χ3n) is 2.39. The zero-order valence-electron chi connectivity index (χ0n) is 11.8. The lowest BCUT2D eigenvalue weighted by Crippen LogP contribution is -2.38. The Labute approximate surface area is 125 Å². The number of hydrogen-bond donors (Lipinski definition) is 2. The second-order valence-electron chi connectivity index (χ2n) is 4.08. The van der Waals surface area contributed by atoms with Crippen molar-refractivity contribution in [1.29, 1.82) is 0 Å². The number of carbonyl (C=O) groups is 1. The van der Waals surface area contributed by atoms with Gasteiger partial charge in [0.05, 0.1) is 6.61 Å². The summed E-state index contributed by atoms with van der Waals surface area (Å²) in [6.07, 6.45) is 4.14. The van der Waals surface area contributed by atoms with Crippen LogP contribution in [0, 0.1) is 0 Å². The van der Waals surface area contributed by atoms with Gasteiger partial charge in [-0.1, -0.05) is 19.1 Å². The molecule has 5 heteroatoms. The summed E-state index contributed by atoms with van der Waals surface area (Å²) in [5.74, 6) is 0.575. The van der Waals surface area contributed by atoms with Crippen LogP contribution in [-0.4, -0.2) is 24.2 Å². The molecule has 0 aromatic heterocycles. The second-order valence-corrected chi connectivity index (χ2v) is 4.49. The molecule has 0 aliphatic carbocycles. The molecule has 20 heavy (non-hydrogen) atoms. The lowest BCUT2D eigenvalue weighted by Gasteiger charge is -2.06. The third kappa shape index (κ3) is 6.33. The smallest absolute Gasteiger partial charge is 0.250 e. The molecular weight excluding hydrogens is 272 g/mol. The summed E-state index contributed by atoms with van der Waals surface area (Å²) in [7, 11) is 0. The van der Waals surface area contributed by atoms with Crippen LogP contribution >= 0.6 is 12.2 Å². The fourth-order valence-corrected chi connectivity index (χ4v) is 1.65. The van der Waals surface area contributed by atoms with Gasteiger partial charge in [-0.15, -0.1) is 0 Å². The van der Waals surface area contributed by atoms with Gasteiger partial charge in [0.2, 0.25) is 5.91 Å². The molecule has 0 atom stereocenters. The summed E-state index contributed by atoms with van der Waals surface area (Å²) in [5, 5.41) is 5.87. The zero-order valence-corrected chi connectivity index (χ0v) is 12.6. The molecule has 0 aliphatic heterocycles. The number of carbonyl (C=O) groups excluding carboxylic acids is 1. The van der Waals surface area contributed by atoms with Crippen molar-refractivity contribution in [3.8, 4) is 5.75 Å². The van der Waals surface area contributed by atoms with Crippen LogP contribution in [-0.2, 0) is 4.79 Å². The molecule has 4 nitrogen and oxygen atoms in total. The Morgan fingerprint density at radius 2 is 2.00 bits per heavy atom. The first kappa shape index (κ1) is 16.2. The minimum atomic E-state index is -0.243. The molecule has 0 heterocycles. The number of thiocarbonyl (C=S) groups is 1. The van der Waals surface area contributed by atoms with Crippen molar-refractivity contribution in [3.05, 3.63) is 35.9 Å². The first-order chi connectivity index (χ1) is 9.65. The molecular formula is C15H20N2O2S. The molecule has 0 saturated heterocycles. The Bertz CT molecular complexity index is 469. The first-order valence-electron chi connectivity index (χ1n) is 6.65. The number of benzene rings is 1. The van der Waals surface area contributed by atoms with Crippen LogP contribution in [0.4, 0.5) is 0 Å². The van der Waals surface area contributed by atoms with Crippen LogP contribution in [0.2, 0.25) is 0 Å². The van der Waals surface area contributed by atoms with Gasteiger partial charge in [0, 0.05) is 12.6 Å². The minimum absolute atomic E-state index is 0.243. The highest BCUT2D eigenvalue weighted by molar-refractivity contribution is 7.80. The molecule has 0 radical (unpaired) electrons. The summed E-state index contributed by atoms with van der Waals surface area (Å²) in [4.78, 5) is 11.6. The number of ether oxygens (including phenoxy) is 1. The van der Waals surface area contributed by atoms with Gasteiger partial charge in [-0.05, 0) is 49.3 Å². The van der Waals surface area contributed by atoms with Gasteiger partial charge in [-0.25, -0.2) is 0 Å². The topological polar surface area (TPSA) is 50.4 Å². The van der Waals surface area contributed by atoms with Gasteiger partial charge in [0.15, 0.2) is 5.11 Å². The molecule has 1 aromatic carbocycles.